The summed E-state index contributed by atoms with van der Waals surface area (Å²) in [7, 11) is 0. The van der Waals surface area contributed by atoms with Crippen molar-refractivity contribution in [2.24, 2.45) is 0 Å². The fraction of sp³-hybridized carbons (Fsp3) is 0.583. The van der Waals surface area contributed by atoms with Gasteiger partial charge >= 0.3 is 5.97 Å². The van der Waals surface area contributed by atoms with Crippen LogP contribution in [0, 0.1) is 0 Å². The number of aliphatic hydroxyl groups excluding tert-OH is 1. The van der Waals surface area contributed by atoms with E-state index < -0.39 is 5.97 Å². The second kappa shape index (κ2) is 5.79. The van der Waals surface area contributed by atoms with Gasteiger partial charge in [0.05, 0.1) is 6.61 Å². The largest absolute Gasteiger partial charge is 0.477 e. The van der Waals surface area contributed by atoms with Crippen LogP contribution in [0.5, 0.6) is 0 Å². The van der Waals surface area contributed by atoms with Crippen molar-refractivity contribution in [3.8, 4) is 0 Å². The lowest BCUT2D eigenvalue weighted by Gasteiger charge is -2.36. The van der Waals surface area contributed by atoms with E-state index in [0.717, 1.165) is 18.4 Å². The SMILES string of the molecule is O=C(O)c1sccc1CNC1(CO)CCOCC1. The molecule has 0 radical (unpaired) electrons. The smallest absolute Gasteiger partial charge is 0.346 e. The van der Waals surface area contributed by atoms with Crippen LogP contribution >= 0.6 is 11.3 Å². The van der Waals surface area contributed by atoms with E-state index in [9.17, 15) is 9.90 Å². The van der Waals surface area contributed by atoms with Crippen LogP contribution in [0.25, 0.3) is 0 Å². The molecule has 1 fully saturated rings. The molecule has 1 aliphatic rings. The predicted molar refractivity (Wildman–Crippen MR) is 68.0 cm³/mol. The molecule has 18 heavy (non-hydrogen) atoms. The fourth-order valence-electron chi connectivity index (χ4n) is 2.10. The molecule has 1 saturated heterocycles. The number of carboxylic acids is 1. The van der Waals surface area contributed by atoms with Gasteiger partial charge in [0.2, 0.25) is 0 Å². The van der Waals surface area contributed by atoms with Crippen LogP contribution in [0.3, 0.4) is 0 Å². The summed E-state index contributed by atoms with van der Waals surface area (Å²) in [5.41, 5.74) is 0.433. The molecule has 2 rings (SSSR count). The second-order valence-corrected chi connectivity index (χ2v) is 5.40. The average molecular weight is 271 g/mol. The van der Waals surface area contributed by atoms with Crippen molar-refractivity contribution in [1.82, 2.24) is 5.32 Å². The number of hydrogen-bond donors (Lipinski definition) is 3. The lowest BCUT2D eigenvalue weighted by molar-refractivity contribution is 0.0111. The maximum Gasteiger partial charge on any atom is 0.346 e. The van der Waals surface area contributed by atoms with E-state index in [2.05, 4.69) is 5.32 Å². The molecule has 0 spiro atoms. The standard InChI is InChI=1S/C12H17NO4S/c14-8-12(2-4-17-5-3-12)13-7-9-1-6-18-10(9)11(15)16/h1,6,13-14H,2-5,7-8H2,(H,15,16). The summed E-state index contributed by atoms with van der Waals surface area (Å²) in [4.78, 5) is 11.4. The summed E-state index contributed by atoms with van der Waals surface area (Å²) in [6.45, 7) is 1.76. The monoisotopic (exact) mass is 271 g/mol. The Labute approximate surface area is 109 Å². The molecule has 0 atom stereocenters. The Bertz CT molecular complexity index is 412. The molecule has 1 aliphatic heterocycles. The molecule has 0 amide bonds. The summed E-state index contributed by atoms with van der Waals surface area (Å²) >= 11 is 1.22. The minimum atomic E-state index is -0.896. The van der Waals surface area contributed by atoms with E-state index in [4.69, 9.17) is 9.84 Å². The number of nitrogens with one attached hydrogen (secondary N) is 1. The van der Waals surface area contributed by atoms with Gasteiger partial charge in [-0.1, -0.05) is 0 Å². The van der Waals surface area contributed by atoms with Crippen molar-refractivity contribution in [2.75, 3.05) is 19.8 Å². The van der Waals surface area contributed by atoms with Gasteiger partial charge in [-0.25, -0.2) is 4.79 Å². The molecule has 6 heteroatoms. The van der Waals surface area contributed by atoms with Crippen LogP contribution in [-0.4, -0.2) is 41.5 Å². The van der Waals surface area contributed by atoms with E-state index in [-0.39, 0.29) is 12.1 Å². The normalized spacial score (nSPS) is 18.7. The number of hydrogen-bond acceptors (Lipinski definition) is 5. The van der Waals surface area contributed by atoms with E-state index in [1.807, 2.05) is 6.07 Å². The number of carbonyl (C=O) groups is 1. The number of carboxylic acid groups (broad SMARTS) is 1. The predicted octanol–water partition coefficient (Wildman–Crippen LogP) is 1.08. The highest BCUT2D eigenvalue weighted by atomic mass is 32.1. The molecule has 2 heterocycles. The quantitative estimate of drug-likeness (QED) is 0.747. The highest BCUT2D eigenvalue weighted by Crippen LogP contribution is 2.22. The second-order valence-electron chi connectivity index (χ2n) is 4.48. The van der Waals surface area contributed by atoms with Crippen LogP contribution in [0.4, 0.5) is 0 Å². The van der Waals surface area contributed by atoms with Crippen LogP contribution in [0.2, 0.25) is 0 Å². The van der Waals surface area contributed by atoms with Gasteiger partial charge in [-0.3, -0.25) is 0 Å². The van der Waals surface area contributed by atoms with Crippen LogP contribution < -0.4 is 5.32 Å². The zero-order valence-corrected chi connectivity index (χ0v) is 10.8. The molecule has 1 aromatic rings. The van der Waals surface area contributed by atoms with E-state index in [1.165, 1.54) is 11.3 Å². The fourth-order valence-corrected chi connectivity index (χ4v) is 2.86. The van der Waals surface area contributed by atoms with Gasteiger partial charge in [0, 0.05) is 25.3 Å². The number of rotatable bonds is 5. The first-order valence-electron chi connectivity index (χ1n) is 5.90. The molecule has 3 N–H and O–H groups in total. The zero-order valence-electron chi connectivity index (χ0n) is 10.0. The van der Waals surface area contributed by atoms with Crippen LogP contribution in [0.1, 0.15) is 28.1 Å². The summed E-state index contributed by atoms with van der Waals surface area (Å²) in [6, 6.07) is 1.81. The first kappa shape index (κ1) is 13.5. The number of thiophene rings is 1. The summed E-state index contributed by atoms with van der Waals surface area (Å²) in [6.07, 6.45) is 1.49. The highest BCUT2D eigenvalue weighted by Gasteiger charge is 2.31. The Balaban J connectivity index is 2.01. The van der Waals surface area contributed by atoms with Gasteiger partial charge in [0.15, 0.2) is 0 Å². The van der Waals surface area contributed by atoms with Gasteiger partial charge < -0.3 is 20.3 Å². The molecule has 0 saturated carbocycles. The third-order valence-corrected chi connectivity index (χ3v) is 4.29. The lowest BCUT2D eigenvalue weighted by Crippen LogP contribution is -2.51. The Morgan fingerprint density at radius 2 is 2.22 bits per heavy atom. The first-order valence-corrected chi connectivity index (χ1v) is 6.78. The summed E-state index contributed by atoms with van der Waals surface area (Å²) in [5, 5.41) is 23.6. The minimum Gasteiger partial charge on any atom is -0.477 e. The van der Waals surface area contributed by atoms with Crippen molar-refractivity contribution in [3.63, 3.8) is 0 Å². The van der Waals surface area contributed by atoms with Gasteiger partial charge in [0.25, 0.3) is 0 Å². The Morgan fingerprint density at radius 3 is 2.83 bits per heavy atom. The molecular formula is C12H17NO4S. The molecule has 100 valence electrons. The summed E-state index contributed by atoms with van der Waals surface area (Å²) < 4.78 is 5.28. The van der Waals surface area contributed by atoms with Crippen molar-refractivity contribution < 1.29 is 19.7 Å². The molecule has 0 bridgehead atoms. The van der Waals surface area contributed by atoms with Gasteiger partial charge in [0.1, 0.15) is 4.88 Å². The molecule has 1 aromatic heterocycles. The van der Waals surface area contributed by atoms with E-state index in [1.54, 1.807) is 5.38 Å². The maximum atomic E-state index is 11.0. The maximum absolute atomic E-state index is 11.0. The lowest BCUT2D eigenvalue weighted by atomic mass is 9.91. The topological polar surface area (TPSA) is 78.8 Å². The Morgan fingerprint density at radius 1 is 1.50 bits per heavy atom. The van der Waals surface area contributed by atoms with Gasteiger partial charge in [-0.05, 0) is 29.9 Å². The number of ether oxygens (including phenoxy) is 1. The molecule has 0 aromatic carbocycles. The van der Waals surface area contributed by atoms with E-state index in [0.29, 0.717) is 24.6 Å². The van der Waals surface area contributed by atoms with Crippen molar-refractivity contribution >= 4 is 17.3 Å². The zero-order chi connectivity index (χ0) is 13.0. The summed E-state index contributed by atoms with van der Waals surface area (Å²) in [5.74, 6) is -0.896. The Hall–Kier alpha value is -0.950. The first-order chi connectivity index (χ1) is 8.67. The number of aliphatic hydroxyl groups is 1. The van der Waals surface area contributed by atoms with Crippen LogP contribution in [-0.2, 0) is 11.3 Å². The highest BCUT2D eigenvalue weighted by molar-refractivity contribution is 7.12. The minimum absolute atomic E-state index is 0.0445. The third kappa shape index (κ3) is 2.89. The number of aromatic carboxylic acids is 1. The van der Waals surface area contributed by atoms with E-state index >= 15 is 0 Å². The van der Waals surface area contributed by atoms with Crippen molar-refractivity contribution in [1.29, 1.82) is 0 Å². The molecule has 5 nitrogen and oxygen atoms in total. The molecule has 0 unspecified atom stereocenters. The van der Waals surface area contributed by atoms with Gasteiger partial charge in [-0.2, -0.15) is 0 Å². The van der Waals surface area contributed by atoms with Crippen molar-refractivity contribution in [2.45, 2.75) is 24.9 Å². The Kier molecular flexibility index (Phi) is 4.34. The molecule has 0 aliphatic carbocycles. The molecular weight excluding hydrogens is 254 g/mol. The van der Waals surface area contributed by atoms with Gasteiger partial charge in [-0.15, -0.1) is 11.3 Å². The third-order valence-electron chi connectivity index (χ3n) is 3.35. The van der Waals surface area contributed by atoms with Crippen molar-refractivity contribution in [3.05, 3.63) is 21.9 Å². The average Bonchev–Trinajstić information content (AvgIpc) is 2.86. The van der Waals surface area contributed by atoms with Crippen LogP contribution in [0.15, 0.2) is 11.4 Å².